The van der Waals surface area contributed by atoms with Crippen LogP contribution in [0.25, 0.3) is 0 Å². The van der Waals surface area contributed by atoms with Crippen LogP contribution in [0.5, 0.6) is 0 Å². The second-order valence-corrected chi connectivity index (χ2v) is 5.69. The summed E-state index contributed by atoms with van der Waals surface area (Å²) in [6, 6.07) is 7.71. The molecule has 0 aliphatic carbocycles. The Labute approximate surface area is 126 Å². The third kappa shape index (κ3) is 4.25. The number of nitro benzene ring substituents is 1. The van der Waals surface area contributed by atoms with Gasteiger partial charge in [-0.3, -0.25) is 10.1 Å². The molecule has 1 aromatic carbocycles. The molecule has 0 aromatic heterocycles. The lowest BCUT2D eigenvalue weighted by atomic mass is 9.99. The molecule has 0 radical (unpaired) electrons. The van der Waals surface area contributed by atoms with Crippen molar-refractivity contribution in [3.05, 3.63) is 39.9 Å². The Morgan fingerprint density at radius 2 is 2.10 bits per heavy atom. The third-order valence-corrected chi connectivity index (χ3v) is 4.36. The maximum absolute atomic E-state index is 10.9. The fourth-order valence-electron chi connectivity index (χ4n) is 3.01. The average molecular weight is 291 g/mol. The first-order valence-corrected chi connectivity index (χ1v) is 7.86. The Balaban J connectivity index is 2.00. The number of likely N-dealkylation sites (tertiary alicyclic amines) is 1. The highest BCUT2D eigenvalue weighted by atomic mass is 16.6. The van der Waals surface area contributed by atoms with E-state index in [1.54, 1.807) is 18.2 Å². The fraction of sp³-hybridized carbons (Fsp3) is 0.625. The number of nitrogens with one attached hydrogen (secondary N) is 1. The maximum atomic E-state index is 10.9. The van der Waals surface area contributed by atoms with Gasteiger partial charge in [0.1, 0.15) is 0 Å². The van der Waals surface area contributed by atoms with Gasteiger partial charge in [0.25, 0.3) is 5.69 Å². The summed E-state index contributed by atoms with van der Waals surface area (Å²) in [6.07, 6.45) is 3.24. The summed E-state index contributed by atoms with van der Waals surface area (Å²) >= 11 is 0. The van der Waals surface area contributed by atoms with Crippen LogP contribution in [0.4, 0.5) is 5.69 Å². The van der Waals surface area contributed by atoms with Gasteiger partial charge in [-0.1, -0.05) is 26.0 Å². The van der Waals surface area contributed by atoms with Crippen LogP contribution in [-0.2, 0) is 0 Å². The van der Waals surface area contributed by atoms with Gasteiger partial charge in [0.2, 0.25) is 0 Å². The molecule has 1 aromatic rings. The number of rotatable bonds is 6. The largest absolute Gasteiger partial charge is 0.307 e. The van der Waals surface area contributed by atoms with E-state index in [9.17, 15) is 10.1 Å². The van der Waals surface area contributed by atoms with Gasteiger partial charge in [0.05, 0.1) is 4.92 Å². The van der Waals surface area contributed by atoms with Crippen molar-refractivity contribution in [2.24, 2.45) is 0 Å². The lowest BCUT2D eigenvalue weighted by molar-refractivity contribution is -0.384. The second-order valence-electron chi connectivity index (χ2n) is 5.69. The van der Waals surface area contributed by atoms with Crippen LogP contribution in [0.1, 0.15) is 44.7 Å². The van der Waals surface area contributed by atoms with E-state index >= 15 is 0 Å². The number of hydrogen-bond donors (Lipinski definition) is 1. The molecule has 1 aliphatic rings. The van der Waals surface area contributed by atoms with Crippen LogP contribution in [0.2, 0.25) is 0 Å². The SMILES string of the molecule is CCC(NC1CCN(CC)CC1)c1cccc([N+](=O)[O-])c1. The molecule has 2 rings (SSSR count). The van der Waals surface area contributed by atoms with Gasteiger partial charge in [-0.05, 0) is 44.5 Å². The molecule has 0 spiro atoms. The molecular weight excluding hydrogens is 266 g/mol. The molecule has 1 atom stereocenters. The number of nitrogens with zero attached hydrogens (tertiary/aromatic N) is 2. The molecular formula is C16H25N3O2. The van der Waals surface area contributed by atoms with Crippen molar-refractivity contribution in [1.29, 1.82) is 0 Å². The molecule has 1 unspecified atom stereocenters. The highest BCUT2D eigenvalue weighted by Gasteiger charge is 2.21. The van der Waals surface area contributed by atoms with E-state index < -0.39 is 0 Å². The molecule has 0 bridgehead atoms. The molecule has 1 heterocycles. The van der Waals surface area contributed by atoms with Crippen molar-refractivity contribution in [2.75, 3.05) is 19.6 Å². The van der Waals surface area contributed by atoms with E-state index in [1.165, 1.54) is 0 Å². The molecule has 1 fully saturated rings. The van der Waals surface area contributed by atoms with E-state index in [0.717, 1.165) is 44.5 Å². The molecule has 116 valence electrons. The van der Waals surface area contributed by atoms with Crippen molar-refractivity contribution in [2.45, 2.75) is 45.2 Å². The minimum Gasteiger partial charge on any atom is -0.307 e. The van der Waals surface area contributed by atoms with Gasteiger partial charge in [-0.25, -0.2) is 0 Å². The molecule has 1 aliphatic heterocycles. The first kappa shape index (κ1) is 15.9. The number of hydrogen-bond acceptors (Lipinski definition) is 4. The first-order valence-electron chi connectivity index (χ1n) is 7.86. The minimum atomic E-state index is -0.323. The minimum absolute atomic E-state index is 0.175. The Morgan fingerprint density at radius 1 is 1.38 bits per heavy atom. The Morgan fingerprint density at radius 3 is 2.67 bits per heavy atom. The van der Waals surface area contributed by atoms with Crippen LogP contribution in [0.3, 0.4) is 0 Å². The van der Waals surface area contributed by atoms with E-state index in [4.69, 9.17) is 0 Å². The molecule has 0 saturated carbocycles. The van der Waals surface area contributed by atoms with E-state index in [2.05, 4.69) is 24.1 Å². The van der Waals surface area contributed by atoms with Crippen LogP contribution in [0.15, 0.2) is 24.3 Å². The van der Waals surface area contributed by atoms with Crippen molar-refractivity contribution < 1.29 is 4.92 Å². The highest BCUT2D eigenvalue weighted by Crippen LogP contribution is 2.23. The molecule has 21 heavy (non-hydrogen) atoms. The van der Waals surface area contributed by atoms with Crippen LogP contribution < -0.4 is 5.32 Å². The number of nitro groups is 1. The maximum Gasteiger partial charge on any atom is 0.269 e. The van der Waals surface area contributed by atoms with Crippen LogP contribution >= 0.6 is 0 Å². The van der Waals surface area contributed by atoms with Gasteiger partial charge in [0.15, 0.2) is 0 Å². The van der Waals surface area contributed by atoms with Crippen molar-refractivity contribution >= 4 is 5.69 Å². The van der Waals surface area contributed by atoms with Gasteiger partial charge < -0.3 is 10.2 Å². The summed E-state index contributed by atoms with van der Waals surface area (Å²) in [7, 11) is 0. The van der Waals surface area contributed by atoms with Crippen LogP contribution in [-0.4, -0.2) is 35.5 Å². The zero-order valence-corrected chi connectivity index (χ0v) is 12.9. The zero-order valence-electron chi connectivity index (χ0n) is 12.9. The lowest BCUT2D eigenvalue weighted by Gasteiger charge is -2.34. The number of piperidine rings is 1. The quantitative estimate of drug-likeness (QED) is 0.646. The summed E-state index contributed by atoms with van der Waals surface area (Å²) in [5.74, 6) is 0. The summed E-state index contributed by atoms with van der Waals surface area (Å²) in [6.45, 7) is 7.72. The monoisotopic (exact) mass is 291 g/mol. The van der Waals surface area contributed by atoms with E-state index in [-0.39, 0.29) is 16.7 Å². The van der Waals surface area contributed by atoms with E-state index in [1.807, 2.05) is 6.07 Å². The van der Waals surface area contributed by atoms with Crippen molar-refractivity contribution in [3.8, 4) is 0 Å². The summed E-state index contributed by atoms with van der Waals surface area (Å²) < 4.78 is 0. The van der Waals surface area contributed by atoms with Crippen molar-refractivity contribution in [1.82, 2.24) is 10.2 Å². The van der Waals surface area contributed by atoms with Crippen molar-refractivity contribution in [3.63, 3.8) is 0 Å². The summed E-state index contributed by atoms with van der Waals surface area (Å²) in [4.78, 5) is 13.0. The average Bonchev–Trinajstić information content (AvgIpc) is 2.53. The summed E-state index contributed by atoms with van der Waals surface area (Å²) in [5.41, 5.74) is 1.19. The number of non-ortho nitro benzene ring substituents is 1. The molecule has 5 nitrogen and oxygen atoms in total. The highest BCUT2D eigenvalue weighted by molar-refractivity contribution is 5.35. The molecule has 1 saturated heterocycles. The second kappa shape index (κ2) is 7.52. The van der Waals surface area contributed by atoms with Crippen LogP contribution in [0, 0.1) is 10.1 Å². The Kier molecular flexibility index (Phi) is 5.70. The summed E-state index contributed by atoms with van der Waals surface area (Å²) in [5, 5.41) is 14.6. The van der Waals surface area contributed by atoms with Gasteiger partial charge in [-0.15, -0.1) is 0 Å². The fourth-order valence-corrected chi connectivity index (χ4v) is 3.01. The molecule has 1 N–H and O–H groups in total. The third-order valence-electron chi connectivity index (χ3n) is 4.36. The standard InChI is InChI=1S/C16H25N3O2/c1-3-16(13-6-5-7-15(12-13)19(20)21)17-14-8-10-18(4-2)11-9-14/h5-7,12,14,16-17H,3-4,8-11H2,1-2H3. The number of benzene rings is 1. The van der Waals surface area contributed by atoms with E-state index in [0.29, 0.717) is 6.04 Å². The van der Waals surface area contributed by atoms with Gasteiger partial charge in [0, 0.05) is 24.2 Å². The topological polar surface area (TPSA) is 58.4 Å². The predicted molar refractivity (Wildman–Crippen MR) is 84.4 cm³/mol. The predicted octanol–water partition coefficient (Wildman–Crippen LogP) is 3.12. The zero-order chi connectivity index (χ0) is 15.2. The molecule has 0 amide bonds. The lowest BCUT2D eigenvalue weighted by Crippen LogP contribution is -2.43. The van der Waals surface area contributed by atoms with Gasteiger partial charge in [-0.2, -0.15) is 0 Å². The molecule has 5 heteroatoms. The smallest absolute Gasteiger partial charge is 0.269 e. The first-order chi connectivity index (χ1) is 10.1. The Hall–Kier alpha value is -1.46. The van der Waals surface area contributed by atoms with Gasteiger partial charge >= 0.3 is 0 Å². The Bertz CT molecular complexity index is 470. The normalized spacial score (nSPS) is 18.6.